The van der Waals surface area contributed by atoms with Gasteiger partial charge in [-0.25, -0.2) is 0 Å². The molecule has 0 radical (unpaired) electrons. The van der Waals surface area contributed by atoms with Gasteiger partial charge in [-0.3, -0.25) is 4.79 Å². The molecule has 1 aliphatic heterocycles. The maximum atomic E-state index is 12.6. The molecular formula is C16H24N2O2. The second-order valence-electron chi connectivity index (χ2n) is 6.02. The highest BCUT2D eigenvalue weighted by atomic mass is 16.5. The molecule has 0 saturated carbocycles. The molecule has 1 amide bonds. The van der Waals surface area contributed by atoms with Crippen molar-refractivity contribution in [2.75, 3.05) is 26.7 Å². The number of carbonyl (C=O) groups is 1. The molecule has 1 fully saturated rings. The number of likely N-dealkylation sites (tertiary alicyclic amines) is 1. The highest BCUT2D eigenvalue weighted by Crippen LogP contribution is 2.31. The Kier molecular flexibility index (Phi) is 4.33. The van der Waals surface area contributed by atoms with Gasteiger partial charge in [0.1, 0.15) is 5.75 Å². The van der Waals surface area contributed by atoms with Crippen LogP contribution in [0.25, 0.3) is 0 Å². The highest BCUT2D eigenvalue weighted by molar-refractivity contribution is 5.83. The lowest BCUT2D eigenvalue weighted by molar-refractivity contribution is -0.131. The van der Waals surface area contributed by atoms with E-state index in [-0.39, 0.29) is 17.2 Å². The van der Waals surface area contributed by atoms with E-state index in [1.54, 1.807) is 7.11 Å². The molecule has 1 aliphatic rings. The topological polar surface area (TPSA) is 55.6 Å². The van der Waals surface area contributed by atoms with Crippen LogP contribution in [-0.2, 0) is 4.79 Å². The van der Waals surface area contributed by atoms with Crippen molar-refractivity contribution in [1.82, 2.24) is 4.90 Å². The molecule has 4 nitrogen and oxygen atoms in total. The van der Waals surface area contributed by atoms with E-state index in [0.717, 1.165) is 30.8 Å². The number of hydrogen-bond acceptors (Lipinski definition) is 3. The Balaban J connectivity index is 2.05. The highest BCUT2D eigenvalue weighted by Gasteiger charge is 2.36. The third kappa shape index (κ3) is 2.96. The maximum absolute atomic E-state index is 12.6. The molecule has 1 heterocycles. The molecule has 1 aromatic carbocycles. The Hall–Kier alpha value is -1.55. The number of nitrogens with zero attached hydrogens (tertiary/aromatic N) is 1. The number of amides is 1. The molecule has 2 atom stereocenters. The number of rotatable bonds is 4. The van der Waals surface area contributed by atoms with Crippen molar-refractivity contribution in [3.05, 3.63) is 29.8 Å². The Morgan fingerprint density at radius 3 is 2.60 bits per heavy atom. The summed E-state index contributed by atoms with van der Waals surface area (Å²) in [5, 5.41) is 0. The molecule has 1 saturated heterocycles. The minimum Gasteiger partial charge on any atom is -0.497 e. The van der Waals surface area contributed by atoms with Crippen molar-refractivity contribution in [3.8, 4) is 5.75 Å². The summed E-state index contributed by atoms with van der Waals surface area (Å²) in [6.07, 6.45) is 0.991. The largest absolute Gasteiger partial charge is 0.497 e. The van der Waals surface area contributed by atoms with Crippen LogP contribution < -0.4 is 10.5 Å². The van der Waals surface area contributed by atoms with Crippen molar-refractivity contribution < 1.29 is 9.53 Å². The summed E-state index contributed by atoms with van der Waals surface area (Å²) in [6.45, 7) is 6.32. The van der Waals surface area contributed by atoms with E-state index in [1.807, 2.05) is 36.1 Å². The zero-order valence-electron chi connectivity index (χ0n) is 12.6. The van der Waals surface area contributed by atoms with Crippen molar-refractivity contribution in [3.63, 3.8) is 0 Å². The summed E-state index contributed by atoms with van der Waals surface area (Å²) in [5.41, 5.74) is 6.90. The number of nitrogens with two attached hydrogens (primary N) is 1. The molecule has 2 N–H and O–H groups in total. The first-order chi connectivity index (χ1) is 9.49. The fourth-order valence-electron chi connectivity index (χ4n) is 2.69. The third-order valence-corrected chi connectivity index (χ3v) is 4.35. The van der Waals surface area contributed by atoms with Crippen LogP contribution in [0.1, 0.15) is 31.7 Å². The van der Waals surface area contributed by atoms with E-state index in [4.69, 9.17) is 10.5 Å². The van der Waals surface area contributed by atoms with Crippen LogP contribution in [0.15, 0.2) is 24.3 Å². The lowest BCUT2D eigenvalue weighted by Gasteiger charge is -2.25. The Morgan fingerprint density at radius 1 is 1.45 bits per heavy atom. The smallest absolute Gasteiger partial charge is 0.229 e. The van der Waals surface area contributed by atoms with Crippen LogP contribution in [0.4, 0.5) is 0 Å². The van der Waals surface area contributed by atoms with Gasteiger partial charge in [-0.1, -0.05) is 19.1 Å². The predicted octanol–water partition coefficient (Wildman–Crippen LogP) is 2.00. The molecule has 2 unspecified atom stereocenters. The molecular weight excluding hydrogens is 252 g/mol. The summed E-state index contributed by atoms with van der Waals surface area (Å²) < 4.78 is 5.14. The van der Waals surface area contributed by atoms with Gasteiger partial charge in [0.15, 0.2) is 0 Å². The van der Waals surface area contributed by atoms with Crippen LogP contribution in [-0.4, -0.2) is 37.6 Å². The molecule has 4 heteroatoms. The number of methoxy groups -OCH3 is 1. The summed E-state index contributed by atoms with van der Waals surface area (Å²) in [4.78, 5) is 14.5. The Morgan fingerprint density at radius 2 is 2.10 bits per heavy atom. The second-order valence-corrected chi connectivity index (χ2v) is 6.02. The molecule has 0 spiro atoms. The molecule has 0 bridgehead atoms. The standard InChI is InChI=1S/C16H24N2O2/c1-12(13-4-6-14(20-3)7-5-13)15(19)18-9-8-16(2,10-17)11-18/h4-7,12H,8-11,17H2,1-3H3. The molecule has 110 valence electrons. The van der Waals surface area contributed by atoms with E-state index in [2.05, 4.69) is 6.92 Å². The van der Waals surface area contributed by atoms with E-state index < -0.39 is 0 Å². The van der Waals surface area contributed by atoms with Gasteiger partial charge in [0.25, 0.3) is 0 Å². The summed E-state index contributed by atoms with van der Waals surface area (Å²) in [5.74, 6) is 0.874. The van der Waals surface area contributed by atoms with Crippen LogP contribution in [0, 0.1) is 5.41 Å². The van der Waals surface area contributed by atoms with E-state index in [9.17, 15) is 4.79 Å². The van der Waals surface area contributed by atoms with Gasteiger partial charge in [0.2, 0.25) is 5.91 Å². The van der Waals surface area contributed by atoms with Gasteiger partial charge < -0.3 is 15.4 Å². The van der Waals surface area contributed by atoms with Crippen LogP contribution in [0.2, 0.25) is 0 Å². The zero-order chi connectivity index (χ0) is 14.8. The van der Waals surface area contributed by atoms with Crippen molar-refractivity contribution in [2.45, 2.75) is 26.2 Å². The first-order valence-electron chi connectivity index (χ1n) is 7.12. The summed E-state index contributed by atoms with van der Waals surface area (Å²) in [6, 6.07) is 7.71. The fourth-order valence-corrected chi connectivity index (χ4v) is 2.69. The normalized spacial score (nSPS) is 23.7. The lowest BCUT2D eigenvalue weighted by Crippen LogP contribution is -2.36. The van der Waals surface area contributed by atoms with E-state index in [0.29, 0.717) is 6.54 Å². The second kappa shape index (κ2) is 5.83. The average Bonchev–Trinajstić information content (AvgIpc) is 2.89. The first-order valence-corrected chi connectivity index (χ1v) is 7.12. The van der Waals surface area contributed by atoms with Crippen LogP contribution in [0.3, 0.4) is 0 Å². The quantitative estimate of drug-likeness (QED) is 0.915. The van der Waals surface area contributed by atoms with E-state index in [1.165, 1.54) is 0 Å². The molecule has 0 aromatic heterocycles. The predicted molar refractivity (Wildman–Crippen MR) is 79.8 cm³/mol. The minimum atomic E-state index is -0.124. The Bertz CT molecular complexity index is 472. The average molecular weight is 276 g/mol. The lowest BCUT2D eigenvalue weighted by atomic mass is 9.90. The van der Waals surface area contributed by atoms with Gasteiger partial charge >= 0.3 is 0 Å². The first kappa shape index (κ1) is 14.9. The monoisotopic (exact) mass is 276 g/mol. The van der Waals surface area contributed by atoms with Crippen molar-refractivity contribution in [1.29, 1.82) is 0 Å². The number of ether oxygens (including phenoxy) is 1. The summed E-state index contributed by atoms with van der Waals surface area (Å²) >= 11 is 0. The van der Waals surface area contributed by atoms with Gasteiger partial charge in [-0.05, 0) is 43.0 Å². The molecule has 20 heavy (non-hydrogen) atoms. The van der Waals surface area contributed by atoms with Gasteiger partial charge in [0, 0.05) is 13.1 Å². The van der Waals surface area contributed by atoms with Crippen molar-refractivity contribution >= 4 is 5.91 Å². The van der Waals surface area contributed by atoms with Gasteiger partial charge in [-0.2, -0.15) is 0 Å². The molecule has 1 aromatic rings. The third-order valence-electron chi connectivity index (χ3n) is 4.35. The SMILES string of the molecule is COc1ccc(C(C)C(=O)N2CCC(C)(CN)C2)cc1. The fraction of sp³-hybridized carbons (Fsp3) is 0.562. The van der Waals surface area contributed by atoms with E-state index >= 15 is 0 Å². The number of hydrogen-bond donors (Lipinski definition) is 1. The number of benzene rings is 1. The number of carbonyl (C=O) groups excluding carboxylic acids is 1. The van der Waals surface area contributed by atoms with Crippen LogP contribution in [0.5, 0.6) is 5.75 Å². The summed E-state index contributed by atoms with van der Waals surface area (Å²) in [7, 11) is 1.64. The van der Waals surface area contributed by atoms with Gasteiger partial charge in [0.05, 0.1) is 13.0 Å². The zero-order valence-corrected chi connectivity index (χ0v) is 12.6. The molecule has 0 aliphatic carbocycles. The van der Waals surface area contributed by atoms with Crippen molar-refractivity contribution in [2.24, 2.45) is 11.1 Å². The van der Waals surface area contributed by atoms with Gasteiger partial charge in [-0.15, -0.1) is 0 Å². The molecule has 2 rings (SSSR count). The van der Waals surface area contributed by atoms with Crippen LogP contribution >= 0.6 is 0 Å². The minimum absolute atomic E-state index is 0.0787. The Labute approximate surface area is 120 Å². The maximum Gasteiger partial charge on any atom is 0.229 e.